The summed E-state index contributed by atoms with van der Waals surface area (Å²) in [6, 6.07) is 16.8. The Bertz CT molecular complexity index is 841. The van der Waals surface area contributed by atoms with Crippen LogP contribution in [0.3, 0.4) is 0 Å². The van der Waals surface area contributed by atoms with Gasteiger partial charge in [-0.2, -0.15) is 13.1 Å². The van der Waals surface area contributed by atoms with Crippen molar-refractivity contribution in [3.8, 4) is 0 Å². The number of carbonyl (C=O) groups is 1. The number of nitrogens with one attached hydrogen (secondary N) is 2. The van der Waals surface area contributed by atoms with Gasteiger partial charge in [0.25, 0.3) is 10.2 Å². The van der Waals surface area contributed by atoms with Gasteiger partial charge < -0.3 is 0 Å². The van der Waals surface area contributed by atoms with E-state index < -0.39 is 10.2 Å². The topological polar surface area (TPSA) is 78.5 Å². The molecule has 0 saturated carbocycles. The molecule has 2 aromatic rings. The molecule has 0 aromatic heterocycles. The first-order valence-corrected chi connectivity index (χ1v) is 10.5. The highest BCUT2D eigenvalue weighted by atomic mass is 79.9. The van der Waals surface area contributed by atoms with Gasteiger partial charge in [0.15, 0.2) is 5.78 Å². The van der Waals surface area contributed by atoms with Gasteiger partial charge in [-0.15, -0.1) is 17.0 Å². The van der Waals surface area contributed by atoms with Gasteiger partial charge in [-0.25, -0.2) is 0 Å². The van der Waals surface area contributed by atoms with Crippen LogP contribution in [0.1, 0.15) is 36.7 Å². The second-order valence-corrected chi connectivity index (χ2v) is 8.09. The number of halogens is 1. The van der Waals surface area contributed by atoms with Crippen LogP contribution < -0.4 is 9.44 Å². The summed E-state index contributed by atoms with van der Waals surface area (Å²) in [6.45, 7) is 7.14. The lowest BCUT2D eigenvalue weighted by Gasteiger charge is -2.25. The van der Waals surface area contributed by atoms with Gasteiger partial charge in [0.2, 0.25) is 0 Å². The molecule has 0 bridgehead atoms. The molecule has 0 amide bonds. The maximum Gasteiger partial charge on any atom is 0.299 e. The fourth-order valence-electron chi connectivity index (χ4n) is 2.62. The fraction of sp³-hybridized carbons (Fsp3) is 0.350. The van der Waals surface area contributed by atoms with E-state index in [9.17, 15) is 13.2 Å². The molecule has 0 aliphatic rings. The van der Waals surface area contributed by atoms with Crippen molar-refractivity contribution in [1.82, 2.24) is 9.62 Å². The average Bonchev–Trinajstić information content (AvgIpc) is 2.62. The van der Waals surface area contributed by atoms with E-state index in [0.717, 1.165) is 5.56 Å². The van der Waals surface area contributed by atoms with Crippen molar-refractivity contribution >= 4 is 38.7 Å². The fourth-order valence-corrected chi connectivity index (χ4v) is 3.52. The maximum absolute atomic E-state index is 12.7. The smallest absolute Gasteiger partial charge is 0.293 e. The molecule has 0 fully saturated rings. The molecule has 2 aromatic carbocycles. The number of hydrogen-bond acceptors (Lipinski definition) is 4. The highest BCUT2D eigenvalue weighted by Crippen LogP contribution is 2.14. The molecule has 0 spiro atoms. The molecule has 28 heavy (non-hydrogen) atoms. The van der Waals surface area contributed by atoms with Crippen LogP contribution in [0, 0.1) is 0 Å². The van der Waals surface area contributed by atoms with Crippen molar-refractivity contribution in [2.75, 3.05) is 17.8 Å². The number of carbonyl (C=O) groups excluding carboxylic acids is 1. The first-order valence-electron chi connectivity index (χ1n) is 8.99. The minimum absolute atomic E-state index is 0. The minimum Gasteiger partial charge on any atom is -0.293 e. The van der Waals surface area contributed by atoms with Crippen LogP contribution in [-0.2, 0) is 16.8 Å². The molecule has 0 saturated heterocycles. The number of nitrogens with zero attached hydrogens (tertiary/aromatic N) is 1. The van der Waals surface area contributed by atoms with E-state index in [1.54, 1.807) is 31.2 Å². The molecule has 0 atom stereocenters. The highest BCUT2D eigenvalue weighted by Gasteiger charge is 2.16. The summed E-state index contributed by atoms with van der Waals surface area (Å²) in [5, 5.41) is 0. The third-order valence-electron chi connectivity index (χ3n) is 4.10. The Balaban J connectivity index is 0.00000392. The Hall–Kier alpha value is -1.74. The zero-order valence-corrected chi connectivity index (χ0v) is 18.9. The average molecular weight is 470 g/mol. The van der Waals surface area contributed by atoms with Crippen molar-refractivity contribution in [2.24, 2.45) is 0 Å². The molecule has 0 heterocycles. The van der Waals surface area contributed by atoms with Gasteiger partial charge in [-0.05, 0) is 43.7 Å². The number of hydrogen-bond donors (Lipinski definition) is 2. The third-order valence-corrected chi connectivity index (χ3v) is 5.27. The van der Waals surface area contributed by atoms with Crippen LogP contribution in [0.15, 0.2) is 54.6 Å². The van der Waals surface area contributed by atoms with Gasteiger partial charge in [0, 0.05) is 30.4 Å². The number of Topliss-reactive ketones (excluding diaryl/α,β-unsaturated/α-hetero) is 1. The Labute approximate surface area is 178 Å². The molecule has 0 aliphatic heterocycles. The number of rotatable bonds is 10. The normalized spacial score (nSPS) is 11.3. The van der Waals surface area contributed by atoms with E-state index in [4.69, 9.17) is 0 Å². The largest absolute Gasteiger partial charge is 0.299 e. The third kappa shape index (κ3) is 7.71. The molecule has 0 aliphatic carbocycles. The SMILES string of the molecule is Br.CCNS(=O)(=O)Nc1ccc(C(=O)CN(Cc2ccccc2)C(C)C)cc1. The summed E-state index contributed by atoms with van der Waals surface area (Å²) >= 11 is 0. The highest BCUT2D eigenvalue weighted by molar-refractivity contribution is 8.93. The summed E-state index contributed by atoms with van der Waals surface area (Å²) in [7, 11) is -3.58. The predicted molar refractivity (Wildman–Crippen MR) is 119 cm³/mol. The standard InChI is InChI=1S/C20H27N3O3S.BrH/c1-4-21-27(25,26)22-19-12-10-18(11-13-19)20(24)15-23(16(2)3)14-17-8-6-5-7-9-17;/h5-13,16,21-22H,4,14-15H2,1-3H3;1H. The lowest BCUT2D eigenvalue weighted by molar-refractivity contribution is 0.0898. The lowest BCUT2D eigenvalue weighted by atomic mass is 10.1. The molecule has 6 nitrogen and oxygen atoms in total. The molecule has 0 unspecified atom stereocenters. The number of anilines is 1. The summed E-state index contributed by atoms with van der Waals surface area (Å²) < 4.78 is 28.2. The van der Waals surface area contributed by atoms with Gasteiger partial charge in [0.05, 0.1) is 6.54 Å². The summed E-state index contributed by atoms with van der Waals surface area (Å²) in [5.41, 5.74) is 2.13. The van der Waals surface area contributed by atoms with E-state index in [1.807, 2.05) is 30.3 Å². The molecule has 8 heteroatoms. The second-order valence-electron chi connectivity index (χ2n) is 6.59. The number of benzene rings is 2. The molecular formula is C20H28BrN3O3S. The van der Waals surface area contributed by atoms with Gasteiger partial charge >= 0.3 is 0 Å². The summed E-state index contributed by atoms with van der Waals surface area (Å²) in [5.74, 6) is 0.000668. The van der Waals surface area contributed by atoms with E-state index in [-0.39, 0.29) is 28.8 Å². The van der Waals surface area contributed by atoms with E-state index in [0.29, 0.717) is 30.9 Å². The zero-order chi connectivity index (χ0) is 19.9. The van der Waals surface area contributed by atoms with Crippen LogP contribution in [0.25, 0.3) is 0 Å². The first-order chi connectivity index (χ1) is 12.8. The Morgan fingerprint density at radius 3 is 2.18 bits per heavy atom. The monoisotopic (exact) mass is 469 g/mol. The number of ketones is 1. The Morgan fingerprint density at radius 2 is 1.64 bits per heavy atom. The Morgan fingerprint density at radius 1 is 1.04 bits per heavy atom. The van der Waals surface area contributed by atoms with Crippen LogP contribution in [0.5, 0.6) is 0 Å². The minimum atomic E-state index is -3.58. The molecule has 2 N–H and O–H groups in total. The van der Waals surface area contributed by atoms with Crippen molar-refractivity contribution in [1.29, 1.82) is 0 Å². The van der Waals surface area contributed by atoms with Gasteiger partial charge in [-0.1, -0.05) is 37.3 Å². The summed E-state index contributed by atoms with van der Waals surface area (Å²) in [4.78, 5) is 14.8. The van der Waals surface area contributed by atoms with Crippen LogP contribution >= 0.6 is 17.0 Å². The quantitative estimate of drug-likeness (QED) is 0.520. The van der Waals surface area contributed by atoms with Crippen molar-refractivity contribution in [2.45, 2.75) is 33.4 Å². The van der Waals surface area contributed by atoms with E-state index in [2.05, 4.69) is 28.2 Å². The zero-order valence-electron chi connectivity index (χ0n) is 16.4. The van der Waals surface area contributed by atoms with E-state index >= 15 is 0 Å². The first kappa shape index (κ1) is 24.3. The molecular weight excluding hydrogens is 442 g/mol. The predicted octanol–water partition coefficient (Wildman–Crippen LogP) is 3.62. The van der Waals surface area contributed by atoms with Crippen LogP contribution in [-0.4, -0.2) is 38.2 Å². The van der Waals surface area contributed by atoms with Gasteiger partial charge in [-0.3, -0.25) is 14.4 Å². The van der Waals surface area contributed by atoms with Crippen molar-refractivity contribution < 1.29 is 13.2 Å². The van der Waals surface area contributed by atoms with E-state index in [1.165, 1.54) is 0 Å². The Kier molecular flexibility index (Phi) is 9.81. The maximum atomic E-state index is 12.7. The molecule has 0 radical (unpaired) electrons. The molecule has 154 valence electrons. The second kappa shape index (κ2) is 11.3. The van der Waals surface area contributed by atoms with Gasteiger partial charge in [0.1, 0.15) is 0 Å². The van der Waals surface area contributed by atoms with Crippen LogP contribution in [0.4, 0.5) is 5.69 Å². The summed E-state index contributed by atoms with van der Waals surface area (Å²) in [6.07, 6.45) is 0. The lowest BCUT2D eigenvalue weighted by Crippen LogP contribution is -2.35. The van der Waals surface area contributed by atoms with Crippen molar-refractivity contribution in [3.63, 3.8) is 0 Å². The molecule has 2 rings (SSSR count). The van der Waals surface area contributed by atoms with Crippen molar-refractivity contribution in [3.05, 3.63) is 65.7 Å². The van der Waals surface area contributed by atoms with Crippen LogP contribution in [0.2, 0.25) is 0 Å².